The third-order valence-electron chi connectivity index (χ3n) is 4.21. The summed E-state index contributed by atoms with van der Waals surface area (Å²) in [7, 11) is 1.72. The lowest BCUT2D eigenvalue weighted by Gasteiger charge is -2.16. The van der Waals surface area contributed by atoms with Crippen molar-refractivity contribution in [3.05, 3.63) is 0 Å². The maximum absolute atomic E-state index is 11.7. The molecule has 0 aliphatic carbocycles. The normalized spacial score (nSPS) is 12.0. The molecular weight excluding hydrogens is 320 g/mol. The van der Waals surface area contributed by atoms with Gasteiger partial charge in [-0.3, -0.25) is 9.59 Å². The van der Waals surface area contributed by atoms with Crippen LogP contribution in [-0.4, -0.2) is 38.9 Å². The Morgan fingerprint density at radius 2 is 1.36 bits per heavy atom. The zero-order valence-electron chi connectivity index (χ0n) is 16.5. The average molecular weight is 359 g/mol. The summed E-state index contributed by atoms with van der Waals surface area (Å²) in [5.74, 6) is 0.0924. The van der Waals surface area contributed by atoms with Gasteiger partial charge in [0.1, 0.15) is 0 Å². The van der Waals surface area contributed by atoms with E-state index < -0.39 is 0 Å². The molecule has 1 unspecified atom stereocenters. The van der Waals surface area contributed by atoms with E-state index in [-0.39, 0.29) is 24.8 Å². The fourth-order valence-corrected chi connectivity index (χ4v) is 2.65. The smallest absolute Gasteiger partial charge is 0.305 e. The number of rotatable bonds is 17. The van der Waals surface area contributed by atoms with Gasteiger partial charge in [-0.25, -0.2) is 0 Å². The molecule has 0 saturated heterocycles. The molecule has 5 heteroatoms. The number of hydrogen-bond donors (Lipinski definition) is 0. The monoisotopic (exact) mass is 358 g/mol. The van der Waals surface area contributed by atoms with Gasteiger partial charge in [-0.1, -0.05) is 46.0 Å². The van der Waals surface area contributed by atoms with E-state index in [2.05, 4.69) is 6.92 Å². The molecule has 0 radical (unpaired) electrons. The van der Waals surface area contributed by atoms with Crippen molar-refractivity contribution < 1.29 is 23.8 Å². The van der Waals surface area contributed by atoms with Gasteiger partial charge >= 0.3 is 11.9 Å². The van der Waals surface area contributed by atoms with Crippen LogP contribution in [0.2, 0.25) is 0 Å². The van der Waals surface area contributed by atoms with E-state index in [1.54, 1.807) is 7.11 Å². The lowest BCUT2D eigenvalue weighted by atomic mass is 9.95. The quantitative estimate of drug-likeness (QED) is 0.279. The van der Waals surface area contributed by atoms with Crippen molar-refractivity contribution in [3.63, 3.8) is 0 Å². The summed E-state index contributed by atoms with van der Waals surface area (Å²) >= 11 is 0. The molecule has 0 saturated carbocycles. The van der Waals surface area contributed by atoms with Crippen LogP contribution in [0.1, 0.15) is 84.5 Å². The van der Waals surface area contributed by atoms with E-state index in [9.17, 15) is 9.59 Å². The van der Waals surface area contributed by atoms with E-state index >= 15 is 0 Å². The van der Waals surface area contributed by atoms with Crippen molar-refractivity contribution in [2.75, 3.05) is 26.9 Å². The number of ether oxygens (including phenoxy) is 3. The molecule has 25 heavy (non-hydrogen) atoms. The van der Waals surface area contributed by atoms with E-state index in [1.807, 2.05) is 6.92 Å². The maximum atomic E-state index is 11.7. The zero-order valence-corrected chi connectivity index (χ0v) is 16.5. The second-order valence-corrected chi connectivity index (χ2v) is 6.58. The first-order chi connectivity index (χ1) is 12.1. The molecule has 5 nitrogen and oxygen atoms in total. The summed E-state index contributed by atoms with van der Waals surface area (Å²) in [4.78, 5) is 23.1. The number of unbranched alkanes of at least 4 members (excludes halogenated alkanes) is 3. The maximum Gasteiger partial charge on any atom is 0.305 e. The highest BCUT2D eigenvalue weighted by molar-refractivity contribution is 5.72. The van der Waals surface area contributed by atoms with Crippen molar-refractivity contribution in [1.82, 2.24) is 0 Å². The Balaban J connectivity index is 3.81. The van der Waals surface area contributed by atoms with Crippen LogP contribution in [0.5, 0.6) is 0 Å². The molecule has 0 aliphatic heterocycles. The number of carbonyl (C=O) groups is 2. The molecule has 0 aromatic carbocycles. The van der Waals surface area contributed by atoms with Crippen LogP contribution < -0.4 is 0 Å². The van der Waals surface area contributed by atoms with Gasteiger partial charge in [0.05, 0.1) is 13.2 Å². The number of methoxy groups -OCH3 is 1. The van der Waals surface area contributed by atoms with Gasteiger partial charge in [0, 0.05) is 26.6 Å². The average Bonchev–Trinajstić information content (AvgIpc) is 2.60. The molecule has 0 aliphatic rings. The molecule has 1 atom stereocenters. The highest BCUT2D eigenvalue weighted by atomic mass is 16.5. The number of hydrogen-bond acceptors (Lipinski definition) is 5. The largest absolute Gasteiger partial charge is 0.466 e. The highest BCUT2D eigenvalue weighted by Gasteiger charge is 2.11. The van der Waals surface area contributed by atoms with Gasteiger partial charge in [0.2, 0.25) is 0 Å². The summed E-state index contributed by atoms with van der Waals surface area (Å²) in [6.45, 7) is 5.83. The Labute approximate surface area is 153 Å². The fourth-order valence-electron chi connectivity index (χ4n) is 2.65. The summed E-state index contributed by atoms with van der Waals surface area (Å²) < 4.78 is 15.5. The number of esters is 2. The zero-order chi connectivity index (χ0) is 18.8. The van der Waals surface area contributed by atoms with Gasteiger partial charge in [0.25, 0.3) is 0 Å². The van der Waals surface area contributed by atoms with Crippen LogP contribution >= 0.6 is 0 Å². The first kappa shape index (κ1) is 23.9. The standard InChI is InChI=1S/C20H38O5/c1-4-6-7-8-10-18(13-16-23-3)14-17-25-20(22)12-9-11-19(21)24-15-5-2/h18H,4-17H2,1-3H3. The van der Waals surface area contributed by atoms with Crippen molar-refractivity contribution >= 4 is 11.9 Å². The second-order valence-electron chi connectivity index (χ2n) is 6.58. The van der Waals surface area contributed by atoms with E-state index in [4.69, 9.17) is 14.2 Å². The second kappa shape index (κ2) is 17.7. The third-order valence-corrected chi connectivity index (χ3v) is 4.21. The van der Waals surface area contributed by atoms with Crippen molar-refractivity contribution in [2.24, 2.45) is 5.92 Å². The van der Waals surface area contributed by atoms with E-state index in [0.29, 0.717) is 25.6 Å². The SMILES string of the molecule is CCCCCCC(CCOC)CCOC(=O)CCCC(=O)OCCC. The summed E-state index contributed by atoms with van der Waals surface area (Å²) in [6, 6.07) is 0. The van der Waals surface area contributed by atoms with Crippen LogP contribution in [0.3, 0.4) is 0 Å². The Morgan fingerprint density at radius 1 is 0.720 bits per heavy atom. The van der Waals surface area contributed by atoms with Gasteiger partial charge in [0.15, 0.2) is 0 Å². The molecule has 0 fully saturated rings. The summed E-state index contributed by atoms with van der Waals surface area (Å²) in [5, 5.41) is 0. The molecular formula is C20H38O5. The Bertz CT molecular complexity index is 330. The predicted octanol–water partition coefficient (Wildman–Crippen LogP) is 4.67. The van der Waals surface area contributed by atoms with Gasteiger partial charge < -0.3 is 14.2 Å². The predicted molar refractivity (Wildman–Crippen MR) is 99.4 cm³/mol. The van der Waals surface area contributed by atoms with Crippen LogP contribution in [0.15, 0.2) is 0 Å². The summed E-state index contributed by atoms with van der Waals surface area (Å²) in [5.41, 5.74) is 0. The topological polar surface area (TPSA) is 61.8 Å². The van der Waals surface area contributed by atoms with Crippen LogP contribution in [-0.2, 0) is 23.8 Å². The van der Waals surface area contributed by atoms with Crippen LogP contribution in [0, 0.1) is 5.92 Å². The summed E-state index contributed by atoms with van der Waals surface area (Å²) in [6.07, 6.45) is 9.97. The lowest BCUT2D eigenvalue weighted by molar-refractivity contribution is -0.145. The molecule has 0 rings (SSSR count). The van der Waals surface area contributed by atoms with Crippen molar-refractivity contribution in [3.8, 4) is 0 Å². The van der Waals surface area contributed by atoms with E-state index in [1.165, 1.54) is 32.1 Å². The Hall–Kier alpha value is -1.10. The van der Waals surface area contributed by atoms with Crippen LogP contribution in [0.4, 0.5) is 0 Å². The minimum atomic E-state index is -0.235. The third kappa shape index (κ3) is 16.1. The van der Waals surface area contributed by atoms with Gasteiger partial charge in [-0.05, 0) is 31.6 Å². The van der Waals surface area contributed by atoms with Crippen molar-refractivity contribution in [1.29, 1.82) is 0 Å². The molecule has 0 amide bonds. The van der Waals surface area contributed by atoms with Gasteiger partial charge in [-0.15, -0.1) is 0 Å². The molecule has 0 spiro atoms. The lowest BCUT2D eigenvalue weighted by Crippen LogP contribution is -2.12. The van der Waals surface area contributed by atoms with Crippen LogP contribution in [0.25, 0.3) is 0 Å². The molecule has 148 valence electrons. The molecule has 0 N–H and O–H groups in total. The molecule has 0 aromatic heterocycles. The van der Waals surface area contributed by atoms with Crippen molar-refractivity contribution in [2.45, 2.75) is 84.5 Å². The highest BCUT2D eigenvalue weighted by Crippen LogP contribution is 2.18. The van der Waals surface area contributed by atoms with E-state index in [0.717, 1.165) is 25.9 Å². The Kier molecular flexibility index (Phi) is 16.9. The fraction of sp³-hybridized carbons (Fsp3) is 0.900. The molecule has 0 heterocycles. The minimum absolute atomic E-state index is 0.222. The molecule has 0 bridgehead atoms. The molecule has 0 aromatic rings. The minimum Gasteiger partial charge on any atom is -0.466 e. The first-order valence-electron chi connectivity index (χ1n) is 9.94. The first-order valence-corrected chi connectivity index (χ1v) is 9.94. The van der Waals surface area contributed by atoms with Gasteiger partial charge in [-0.2, -0.15) is 0 Å². The Morgan fingerprint density at radius 3 is 1.96 bits per heavy atom. The number of carbonyl (C=O) groups excluding carboxylic acids is 2.